The average molecular weight is 340 g/mol. The molecule has 1 amide bonds. The average Bonchev–Trinajstić information content (AvgIpc) is 3.03. The van der Waals surface area contributed by atoms with Gasteiger partial charge in [-0.3, -0.25) is 4.79 Å². The second-order valence-electron chi connectivity index (χ2n) is 6.47. The molecule has 0 bridgehead atoms. The fourth-order valence-corrected chi connectivity index (χ4v) is 4.19. The van der Waals surface area contributed by atoms with Crippen molar-refractivity contribution in [1.82, 2.24) is 9.80 Å². The molecule has 0 aliphatic carbocycles. The summed E-state index contributed by atoms with van der Waals surface area (Å²) in [6.07, 6.45) is 0.840. The van der Waals surface area contributed by atoms with Gasteiger partial charge in [0, 0.05) is 24.5 Å². The van der Waals surface area contributed by atoms with Crippen molar-refractivity contribution in [2.45, 2.75) is 23.1 Å². The van der Waals surface area contributed by atoms with Gasteiger partial charge >= 0.3 is 0 Å². The Labute approximate surface area is 148 Å². The lowest BCUT2D eigenvalue weighted by atomic mass is 10.1. The highest BCUT2D eigenvalue weighted by atomic mass is 32.2. The largest absolute Gasteiger partial charge is 0.336 e. The Bertz CT molecular complexity index is 662. The molecule has 1 unspecified atom stereocenters. The van der Waals surface area contributed by atoms with Crippen LogP contribution in [-0.2, 0) is 17.8 Å². The summed E-state index contributed by atoms with van der Waals surface area (Å²) >= 11 is 1.71. The molecule has 1 atom stereocenters. The van der Waals surface area contributed by atoms with E-state index in [0.717, 1.165) is 19.5 Å². The van der Waals surface area contributed by atoms with Gasteiger partial charge < -0.3 is 9.80 Å². The summed E-state index contributed by atoms with van der Waals surface area (Å²) in [5, 5.41) is 0.00766. The van der Waals surface area contributed by atoms with Crippen LogP contribution in [0.4, 0.5) is 0 Å². The molecule has 3 rings (SSSR count). The van der Waals surface area contributed by atoms with Crippen molar-refractivity contribution < 1.29 is 4.79 Å². The van der Waals surface area contributed by atoms with E-state index in [4.69, 9.17) is 0 Å². The van der Waals surface area contributed by atoms with Crippen LogP contribution < -0.4 is 0 Å². The van der Waals surface area contributed by atoms with Crippen molar-refractivity contribution in [3.8, 4) is 0 Å². The van der Waals surface area contributed by atoms with Crippen molar-refractivity contribution in [2.75, 3.05) is 27.2 Å². The number of amides is 1. The molecule has 1 aliphatic rings. The first-order chi connectivity index (χ1) is 11.6. The summed E-state index contributed by atoms with van der Waals surface area (Å²) in [6, 6.07) is 18.6. The SMILES string of the molecule is CN(C)CCN(Cc1ccccc1)C(=O)C1Cc2ccccc2S1. The second kappa shape index (κ2) is 7.86. The van der Waals surface area contributed by atoms with E-state index in [1.807, 2.05) is 43.3 Å². The van der Waals surface area contributed by atoms with Crippen LogP contribution in [0.2, 0.25) is 0 Å². The van der Waals surface area contributed by atoms with E-state index in [9.17, 15) is 4.79 Å². The molecule has 0 saturated carbocycles. The highest BCUT2D eigenvalue weighted by Crippen LogP contribution is 2.37. The van der Waals surface area contributed by atoms with Crippen LogP contribution in [-0.4, -0.2) is 48.1 Å². The molecule has 2 aromatic rings. The van der Waals surface area contributed by atoms with Crippen molar-refractivity contribution in [3.05, 3.63) is 65.7 Å². The lowest BCUT2D eigenvalue weighted by Crippen LogP contribution is -2.41. The zero-order valence-electron chi connectivity index (χ0n) is 14.3. The van der Waals surface area contributed by atoms with Crippen LogP contribution in [0.25, 0.3) is 0 Å². The summed E-state index contributed by atoms with van der Waals surface area (Å²) in [5.74, 6) is 0.252. The van der Waals surface area contributed by atoms with E-state index in [1.165, 1.54) is 16.0 Å². The number of carbonyl (C=O) groups is 1. The maximum absolute atomic E-state index is 13.1. The molecule has 0 fully saturated rings. The Balaban J connectivity index is 1.71. The molecule has 0 saturated heterocycles. The highest BCUT2D eigenvalue weighted by Gasteiger charge is 2.31. The topological polar surface area (TPSA) is 23.6 Å². The van der Waals surface area contributed by atoms with E-state index >= 15 is 0 Å². The molecule has 0 N–H and O–H groups in total. The first-order valence-corrected chi connectivity index (χ1v) is 9.23. The van der Waals surface area contributed by atoms with Crippen LogP contribution in [0.5, 0.6) is 0 Å². The lowest BCUT2D eigenvalue weighted by molar-refractivity contribution is -0.131. The number of nitrogens with zero attached hydrogens (tertiary/aromatic N) is 2. The van der Waals surface area contributed by atoms with Gasteiger partial charge in [-0.05, 0) is 37.7 Å². The molecule has 126 valence electrons. The zero-order chi connectivity index (χ0) is 16.9. The number of hydrogen-bond donors (Lipinski definition) is 0. The molecule has 4 heteroatoms. The van der Waals surface area contributed by atoms with Crippen LogP contribution in [0, 0.1) is 0 Å². The van der Waals surface area contributed by atoms with Gasteiger partial charge in [0.15, 0.2) is 0 Å². The van der Waals surface area contributed by atoms with Gasteiger partial charge in [0.05, 0.1) is 5.25 Å². The molecule has 3 nitrogen and oxygen atoms in total. The Morgan fingerprint density at radius 2 is 1.75 bits per heavy atom. The van der Waals surface area contributed by atoms with Crippen molar-refractivity contribution in [2.24, 2.45) is 0 Å². The predicted octanol–water partition coefficient (Wildman–Crippen LogP) is 3.29. The summed E-state index contributed by atoms with van der Waals surface area (Å²) in [6.45, 7) is 2.32. The third kappa shape index (κ3) is 4.19. The third-order valence-electron chi connectivity index (χ3n) is 4.27. The van der Waals surface area contributed by atoms with E-state index in [0.29, 0.717) is 6.54 Å². The number of benzene rings is 2. The minimum absolute atomic E-state index is 0.00766. The Kier molecular flexibility index (Phi) is 5.59. The lowest BCUT2D eigenvalue weighted by Gasteiger charge is -2.27. The number of hydrogen-bond acceptors (Lipinski definition) is 3. The number of likely N-dealkylation sites (N-methyl/N-ethyl adjacent to an activating group) is 1. The molecular formula is C20H24N2OS. The molecule has 0 spiro atoms. The molecule has 2 aromatic carbocycles. The van der Waals surface area contributed by atoms with Crippen LogP contribution in [0.1, 0.15) is 11.1 Å². The van der Waals surface area contributed by atoms with Gasteiger partial charge in [-0.25, -0.2) is 0 Å². The Hall–Kier alpha value is -1.78. The highest BCUT2D eigenvalue weighted by molar-refractivity contribution is 8.01. The van der Waals surface area contributed by atoms with Crippen LogP contribution in [0.15, 0.2) is 59.5 Å². The number of rotatable bonds is 6. The minimum Gasteiger partial charge on any atom is -0.336 e. The fourth-order valence-electron chi connectivity index (χ4n) is 2.92. The Morgan fingerprint density at radius 3 is 2.46 bits per heavy atom. The van der Waals surface area contributed by atoms with Crippen molar-refractivity contribution >= 4 is 17.7 Å². The van der Waals surface area contributed by atoms with Crippen molar-refractivity contribution in [1.29, 1.82) is 0 Å². The van der Waals surface area contributed by atoms with E-state index in [-0.39, 0.29) is 11.2 Å². The van der Waals surface area contributed by atoms with Gasteiger partial charge in [-0.15, -0.1) is 11.8 Å². The van der Waals surface area contributed by atoms with Crippen molar-refractivity contribution in [3.63, 3.8) is 0 Å². The molecular weight excluding hydrogens is 316 g/mol. The second-order valence-corrected chi connectivity index (χ2v) is 7.71. The molecule has 0 radical (unpaired) electrons. The first kappa shape index (κ1) is 17.1. The minimum atomic E-state index is 0.00766. The maximum Gasteiger partial charge on any atom is 0.236 e. The van der Waals surface area contributed by atoms with E-state index in [1.54, 1.807) is 11.8 Å². The maximum atomic E-state index is 13.1. The summed E-state index contributed by atoms with van der Waals surface area (Å²) in [4.78, 5) is 18.5. The summed E-state index contributed by atoms with van der Waals surface area (Å²) < 4.78 is 0. The van der Waals surface area contributed by atoms with E-state index < -0.39 is 0 Å². The van der Waals surface area contributed by atoms with Gasteiger partial charge in [0.2, 0.25) is 5.91 Å². The van der Waals surface area contributed by atoms with Gasteiger partial charge in [-0.1, -0.05) is 48.5 Å². The van der Waals surface area contributed by atoms with E-state index in [2.05, 4.69) is 35.2 Å². The molecule has 0 aromatic heterocycles. The van der Waals surface area contributed by atoms with Gasteiger partial charge in [0.1, 0.15) is 0 Å². The van der Waals surface area contributed by atoms with Gasteiger partial charge in [-0.2, -0.15) is 0 Å². The third-order valence-corrected chi connectivity index (χ3v) is 5.57. The van der Waals surface area contributed by atoms with Crippen LogP contribution in [0.3, 0.4) is 0 Å². The number of thioether (sulfide) groups is 1. The first-order valence-electron chi connectivity index (χ1n) is 8.35. The smallest absolute Gasteiger partial charge is 0.236 e. The standard InChI is InChI=1S/C20H24N2OS/c1-21(2)12-13-22(15-16-8-4-3-5-9-16)20(23)19-14-17-10-6-7-11-18(17)24-19/h3-11,19H,12-15H2,1-2H3. The number of carbonyl (C=O) groups excluding carboxylic acids is 1. The quantitative estimate of drug-likeness (QED) is 0.806. The molecule has 1 aliphatic heterocycles. The predicted molar refractivity (Wildman–Crippen MR) is 100 cm³/mol. The van der Waals surface area contributed by atoms with Gasteiger partial charge in [0.25, 0.3) is 0 Å². The molecule has 1 heterocycles. The summed E-state index contributed by atoms with van der Waals surface area (Å²) in [5.41, 5.74) is 2.48. The monoisotopic (exact) mass is 340 g/mol. The fraction of sp³-hybridized carbons (Fsp3) is 0.350. The Morgan fingerprint density at radius 1 is 1.04 bits per heavy atom. The normalized spacial score (nSPS) is 16.2. The number of fused-ring (bicyclic) bond motifs is 1. The summed E-state index contributed by atoms with van der Waals surface area (Å²) in [7, 11) is 4.09. The van der Waals surface area contributed by atoms with Crippen LogP contribution >= 0.6 is 11.8 Å². The molecule has 24 heavy (non-hydrogen) atoms. The zero-order valence-corrected chi connectivity index (χ0v) is 15.1.